The number of aryl methyl sites for hydroxylation is 1. The normalized spacial score (nSPS) is 13.1. The minimum absolute atomic E-state index is 0.0903. The molecule has 0 aliphatic carbocycles. The van der Waals surface area contributed by atoms with E-state index in [2.05, 4.69) is 5.32 Å². The lowest BCUT2D eigenvalue weighted by Gasteiger charge is -2.18. The zero-order valence-electron chi connectivity index (χ0n) is 11.8. The average Bonchev–Trinajstić information content (AvgIpc) is 2.48. The van der Waals surface area contributed by atoms with E-state index < -0.39 is 11.7 Å². The van der Waals surface area contributed by atoms with Gasteiger partial charge in [0.15, 0.2) is 0 Å². The van der Waals surface area contributed by atoms with Gasteiger partial charge in [-0.25, -0.2) is 0 Å². The summed E-state index contributed by atoms with van der Waals surface area (Å²) < 4.78 is 38.3. The second-order valence-corrected chi connectivity index (χ2v) is 4.99. The lowest BCUT2D eigenvalue weighted by Crippen LogP contribution is -2.18. The SMILES string of the molecule is CNC(CCc1ccccc1)c1cccc(C(F)(F)F)c1. The number of benzene rings is 2. The van der Waals surface area contributed by atoms with Crippen molar-refractivity contribution < 1.29 is 13.2 Å². The Bertz CT molecular complexity index is 564. The lowest BCUT2D eigenvalue weighted by molar-refractivity contribution is -0.137. The molecule has 2 rings (SSSR count). The molecule has 0 radical (unpaired) electrons. The van der Waals surface area contributed by atoms with Gasteiger partial charge in [0.25, 0.3) is 0 Å². The van der Waals surface area contributed by atoms with Crippen molar-refractivity contribution in [3.8, 4) is 0 Å². The van der Waals surface area contributed by atoms with Gasteiger partial charge in [0.05, 0.1) is 5.56 Å². The third-order valence-electron chi connectivity index (χ3n) is 3.53. The first-order chi connectivity index (χ1) is 10.0. The highest BCUT2D eigenvalue weighted by atomic mass is 19.4. The van der Waals surface area contributed by atoms with Crippen molar-refractivity contribution in [2.24, 2.45) is 0 Å². The fraction of sp³-hybridized carbons (Fsp3) is 0.294. The molecule has 1 atom stereocenters. The Kier molecular flexibility index (Phi) is 5.02. The van der Waals surface area contributed by atoms with E-state index in [1.54, 1.807) is 13.1 Å². The van der Waals surface area contributed by atoms with Gasteiger partial charge in [-0.1, -0.05) is 42.5 Å². The van der Waals surface area contributed by atoms with Crippen LogP contribution in [-0.4, -0.2) is 7.05 Å². The van der Waals surface area contributed by atoms with E-state index >= 15 is 0 Å². The molecule has 21 heavy (non-hydrogen) atoms. The lowest BCUT2D eigenvalue weighted by atomic mass is 9.97. The summed E-state index contributed by atoms with van der Waals surface area (Å²) >= 11 is 0. The van der Waals surface area contributed by atoms with Crippen LogP contribution in [0.3, 0.4) is 0 Å². The van der Waals surface area contributed by atoms with E-state index in [0.29, 0.717) is 5.56 Å². The monoisotopic (exact) mass is 293 g/mol. The molecule has 2 aromatic rings. The smallest absolute Gasteiger partial charge is 0.313 e. The summed E-state index contributed by atoms with van der Waals surface area (Å²) in [6.07, 6.45) is -2.72. The molecule has 4 heteroatoms. The summed E-state index contributed by atoms with van der Waals surface area (Å²) in [4.78, 5) is 0. The zero-order chi connectivity index (χ0) is 15.3. The molecular weight excluding hydrogens is 275 g/mol. The number of hydrogen-bond acceptors (Lipinski definition) is 1. The Labute approximate surface area is 122 Å². The van der Waals surface area contributed by atoms with Gasteiger partial charge in [-0.15, -0.1) is 0 Å². The third kappa shape index (κ3) is 4.33. The first-order valence-electron chi connectivity index (χ1n) is 6.89. The van der Waals surface area contributed by atoms with E-state index in [1.165, 1.54) is 17.7 Å². The van der Waals surface area contributed by atoms with E-state index in [9.17, 15) is 13.2 Å². The van der Waals surface area contributed by atoms with E-state index in [0.717, 1.165) is 18.9 Å². The largest absolute Gasteiger partial charge is 0.416 e. The standard InChI is InChI=1S/C17H18F3N/c1-21-16(11-10-13-6-3-2-4-7-13)14-8-5-9-15(12-14)17(18,19)20/h2-9,12,16,21H,10-11H2,1H3. The molecule has 1 N–H and O–H groups in total. The molecule has 0 aliphatic rings. The number of alkyl halides is 3. The maximum absolute atomic E-state index is 12.8. The van der Waals surface area contributed by atoms with Crippen molar-refractivity contribution in [1.82, 2.24) is 5.32 Å². The summed E-state index contributed by atoms with van der Waals surface area (Å²) in [6, 6.07) is 15.4. The second kappa shape index (κ2) is 6.76. The van der Waals surface area contributed by atoms with Gasteiger partial charge in [-0.3, -0.25) is 0 Å². The van der Waals surface area contributed by atoms with E-state index in [4.69, 9.17) is 0 Å². The third-order valence-corrected chi connectivity index (χ3v) is 3.53. The van der Waals surface area contributed by atoms with Crippen LogP contribution in [0, 0.1) is 0 Å². The first-order valence-corrected chi connectivity index (χ1v) is 6.89. The van der Waals surface area contributed by atoms with Crippen molar-refractivity contribution in [2.75, 3.05) is 7.05 Å². The molecule has 1 nitrogen and oxygen atoms in total. The van der Waals surface area contributed by atoms with Crippen LogP contribution in [0.15, 0.2) is 54.6 Å². The Morgan fingerprint density at radius 1 is 1.00 bits per heavy atom. The fourth-order valence-electron chi connectivity index (χ4n) is 2.37. The minimum atomic E-state index is -4.30. The van der Waals surface area contributed by atoms with Gasteiger partial charge in [0.2, 0.25) is 0 Å². The molecule has 1 unspecified atom stereocenters. The number of rotatable bonds is 5. The molecule has 112 valence electrons. The fourth-order valence-corrected chi connectivity index (χ4v) is 2.37. The van der Waals surface area contributed by atoms with E-state index in [1.807, 2.05) is 30.3 Å². The molecule has 0 fully saturated rings. The quantitative estimate of drug-likeness (QED) is 0.849. The van der Waals surface area contributed by atoms with E-state index in [-0.39, 0.29) is 6.04 Å². The topological polar surface area (TPSA) is 12.0 Å². The predicted molar refractivity (Wildman–Crippen MR) is 78.0 cm³/mol. The number of halogens is 3. The van der Waals surface area contributed by atoms with Crippen molar-refractivity contribution in [3.05, 3.63) is 71.3 Å². The molecule has 0 aromatic heterocycles. The summed E-state index contributed by atoms with van der Waals surface area (Å²) in [5.74, 6) is 0. The van der Waals surface area contributed by atoms with Crippen molar-refractivity contribution in [1.29, 1.82) is 0 Å². The van der Waals surface area contributed by atoms with Crippen LogP contribution in [0.4, 0.5) is 13.2 Å². The van der Waals surface area contributed by atoms with Crippen LogP contribution in [0.2, 0.25) is 0 Å². The highest BCUT2D eigenvalue weighted by Crippen LogP contribution is 2.31. The molecule has 0 saturated heterocycles. The first kappa shape index (κ1) is 15.6. The van der Waals surface area contributed by atoms with Gasteiger partial charge in [-0.05, 0) is 43.1 Å². The summed E-state index contributed by atoms with van der Waals surface area (Å²) in [6.45, 7) is 0. The maximum Gasteiger partial charge on any atom is 0.416 e. The van der Waals surface area contributed by atoms with Gasteiger partial charge in [-0.2, -0.15) is 13.2 Å². The Hall–Kier alpha value is -1.81. The van der Waals surface area contributed by atoms with Crippen LogP contribution >= 0.6 is 0 Å². The van der Waals surface area contributed by atoms with Gasteiger partial charge < -0.3 is 5.32 Å². The Morgan fingerprint density at radius 2 is 1.71 bits per heavy atom. The second-order valence-electron chi connectivity index (χ2n) is 4.99. The van der Waals surface area contributed by atoms with Crippen LogP contribution in [-0.2, 0) is 12.6 Å². The summed E-state index contributed by atoms with van der Waals surface area (Å²) in [7, 11) is 1.77. The van der Waals surface area contributed by atoms with Crippen LogP contribution < -0.4 is 5.32 Å². The maximum atomic E-state index is 12.8. The molecule has 0 spiro atoms. The summed E-state index contributed by atoms with van der Waals surface area (Å²) in [5.41, 5.74) is 1.26. The van der Waals surface area contributed by atoms with Crippen LogP contribution in [0.25, 0.3) is 0 Å². The molecule has 2 aromatic carbocycles. The van der Waals surface area contributed by atoms with Gasteiger partial charge in [0.1, 0.15) is 0 Å². The molecule has 0 amide bonds. The highest BCUT2D eigenvalue weighted by Gasteiger charge is 2.30. The van der Waals surface area contributed by atoms with Crippen LogP contribution in [0.5, 0.6) is 0 Å². The Morgan fingerprint density at radius 3 is 2.33 bits per heavy atom. The van der Waals surface area contributed by atoms with Crippen molar-refractivity contribution in [3.63, 3.8) is 0 Å². The zero-order valence-corrected chi connectivity index (χ0v) is 11.8. The molecule has 0 heterocycles. The van der Waals surface area contributed by atoms with Crippen LogP contribution in [0.1, 0.15) is 29.2 Å². The average molecular weight is 293 g/mol. The Balaban J connectivity index is 2.10. The molecule has 0 saturated carbocycles. The number of hydrogen-bond donors (Lipinski definition) is 1. The molecule has 0 aliphatic heterocycles. The predicted octanol–water partition coefficient (Wildman–Crippen LogP) is 4.60. The minimum Gasteiger partial charge on any atom is -0.313 e. The molecule has 0 bridgehead atoms. The van der Waals surface area contributed by atoms with Gasteiger partial charge >= 0.3 is 6.18 Å². The van der Waals surface area contributed by atoms with Crippen molar-refractivity contribution >= 4 is 0 Å². The molecular formula is C17H18F3N. The number of nitrogens with one attached hydrogen (secondary N) is 1. The summed E-state index contributed by atoms with van der Waals surface area (Å²) in [5, 5.41) is 3.10. The van der Waals surface area contributed by atoms with Gasteiger partial charge in [0, 0.05) is 6.04 Å². The van der Waals surface area contributed by atoms with Crippen molar-refractivity contribution in [2.45, 2.75) is 25.1 Å². The highest BCUT2D eigenvalue weighted by molar-refractivity contribution is 5.28.